The first-order chi connectivity index (χ1) is 19.8. The number of para-hydroxylation sites is 1. The Morgan fingerprint density at radius 3 is 2.31 bits per heavy atom. The average molecular weight is 599 g/mol. The maximum Gasteiger partial charge on any atom is 0.344 e. The molecule has 2 spiro atoms. The molecule has 8 nitrogen and oxygen atoms in total. The highest BCUT2D eigenvalue weighted by Crippen LogP contribution is 2.80. The van der Waals surface area contributed by atoms with Gasteiger partial charge < -0.3 is 23.5 Å². The Morgan fingerprint density at radius 2 is 1.74 bits per heavy atom. The van der Waals surface area contributed by atoms with Crippen LogP contribution in [0.3, 0.4) is 0 Å². The number of carbonyl (C=O) groups is 2. The maximum absolute atomic E-state index is 14.3. The van der Waals surface area contributed by atoms with Gasteiger partial charge in [0, 0.05) is 32.7 Å². The molecule has 42 heavy (non-hydrogen) atoms. The topological polar surface area (TPSA) is 77.5 Å². The average Bonchev–Trinajstić information content (AvgIpc) is 3.58. The molecule has 4 fully saturated rings. The van der Waals surface area contributed by atoms with Crippen LogP contribution in [0.25, 0.3) is 0 Å². The number of nitrogens with zero attached hydrogens (tertiary/aromatic N) is 2. The second kappa shape index (κ2) is 9.53. The van der Waals surface area contributed by atoms with E-state index in [0.717, 1.165) is 25.2 Å². The molecule has 9 heteroatoms. The molecule has 0 radical (unpaired) electrons. The number of likely N-dealkylation sites (N-methyl/N-ethyl adjacent to an activating group) is 1. The second-order valence-corrected chi connectivity index (χ2v) is 19.9. The number of methoxy groups -OCH3 is 1. The molecule has 5 aliphatic heterocycles. The van der Waals surface area contributed by atoms with Gasteiger partial charge in [-0.05, 0) is 47.5 Å². The summed E-state index contributed by atoms with van der Waals surface area (Å²) in [7, 11) is 1.24. The Hall–Kier alpha value is -1.94. The highest BCUT2D eigenvalue weighted by atomic mass is 28.4. The van der Waals surface area contributed by atoms with E-state index in [1.165, 1.54) is 19.6 Å². The highest BCUT2D eigenvalue weighted by molar-refractivity contribution is 6.77. The summed E-state index contributed by atoms with van der Waals surface area (Å²) in [5.41, 5.74) is 0.191. The molecule has 0 N–H and O–H groups in total. The van der Waals surface area contributed by atoms with Gasteiger partial charge in [-0.15, -0.1) is 0 Å². The number of ether oxygens (including phenoxy) is 3. The maximum atomic E-state index is 14.3. The van der Waals surface area contributed by atoms with Gasteiger partial charge in [0.1, 0.15) is 5.72 Å². The zero-order valence-electron chi connectivity index (χ0n) is 27.2. The summed E-state index contributed by atoms with van der Waals surface area (Å²) in [5.74, 6) is -0.869. The minimum absolute atomic E-state index is 0.0619. The van der Waals surface area contributed by atoms with E-state index in [2.05, 4.69) is 82.5 Å². The van der Waals surface area contributed by atoms with Gasteiger partial charge in [-0.1, -0.05) is 66.7 Å². The first-order valence-corrected chi connectivity index (χ1v) is 18.1. The Labute approximate surface area is 252 Å². The number of fused-ring (bicyclic) bond motifs is 3. The van der Waals surface area contributed by atoms with Gasteiger partial charge >= 0.3 is 11.9 Å². The molecule has 0 aromatic heterocycles. The third-order valence-electron chi connectivity index (χ3n) is 12.2. The minimum atomic E-state index is -2.23. The smallest absolute Gasteiger partial charge is 0.344 e. The molecule has 232 valence electrons. The van der Waals surface area contributed by atoms with Crippen molar-refractivity contribution in [1.82, 2.24) is 4.90 Å². The number of rotatable bonds is 8. The standard InChI is InChI=1S/C33H50N2O6Si/c1-11-30-18-24(40-42(20(2)3,21(4)5)22(6)7)19-35-17-16-31-25-14-12-13-15-26(25)34(9)27(31)32(29(37)38-10,41-33(30,31)35)28(30)39-23(8)36/h12-15,20-22,24,27-28H,11,16-19H2,1-10H3/t24-,27+,28+,30-,31-,32-,33-/m0/s1. The van der Waals surface area contributed by atoms with E-state index in [9.17, 15) is 9.59 Å². The third kappa shape index (κ3) is 3.09. The van der Waals surface area contributed by atoms with E-state index in [1.807, 2.05) is 7.05 Å². The lowest BCUT2D eigenvalue weighted by molar-refractivity contribution is -0.227. The van der Waals surface area contributed by atoms with Crippen molar-refractivity contribution >= 4 is 25.9 Å². The van der Waals surface area contributed by atoms with Crippen molar-refractivity contribution in [2.24, 2.45) is 5.41 Å². The Balaban J connectivity index is 1.59. The minimum Gasteiger partial charge on any atom is -0.467 e. The molecule has 0 saturated carbocycles. The summed E-state index contributed by atoms with van der Waals surface area (Å²) in [4.78, 5) is 31.9. The van der Waals surface area contributed by atoms with Crippen LogP contribution in [0.2, 0.25) is 16.6 Å². The van der Waals surface area contributed by atoms with Crippen LogP contribution >= 0.6 is 0 Å². The largest absolute Gasteiger partial charge is 0.467 e. The molecule has 5 aliphatic rings. The molecule has 5 heterocycles. The van der Waals surface area contributed by atoms with E-state index in [1.54, 1.807) is 0 Å². The van der Waals surface area contributed by atoms with Crippen molar-refractivity contribution in [3.8, 4) is 0 Å². The lowest BCUT2D eigenvalue weighted by atomic mass is 9.47. The monoisotopic (exact) mass is 598 g/mol. The van der Waals surface area contributed by atoms with Gasteiger partial charge in [0.25, 0.3) is 0 Å². The predicted molar refractivity (Wildman–Crippen MR) is 164 cm³/mol. The van der Waals surface area contributed by atoms with Crippen LogP contribution in [0, 0.1) is 5.41 Å². The van der Waals surface area contributed by atoms with Crippen LogP contribution in [-0.2, 0) is 33.6 Å². The highest BCUT2D eigenvalue weighted by Gasteiger charge is 2.95. The number of carbonyl (C=O) groups excluding carboxylic acids is 2. The lowest BCUT2D eigenvalue weighted by Crippen LogP contribution is -2.78. The van der Waals surface area contributed by atoms with Crippen LogP contribution in [0.4, 0.5) is 5.69 Å². The molecule has 1 aromatic carbocycles. The summed E-state index contributed by atoms with van der Waals surface area (Å²) in [6, 6.07) is 8.15. The fourth-order valence-electron chi connectivity index (χ4n) is 11.4. The van der Waals surface area contributed by atoms with Crippen molar-refractivity contribution in [3.63, 3.8) is 0 Å². The Kier molecular flexibility index (Phi) is 6.83. The van der Waals surface area contributed by atoms with Crippen LogP contribution < -0.4 is 4.90 Å². The molecule has 0 unspecified atom stereocenters. The number of anilines is 1. The molecule has 4 saturated heterocycles. The third-order valence-corrected chi connectivity index (χ3v) is 18.4. The molecule has 1 aromatic rings. The number of esters is 2. The van der Waals surface area contributed by atoms with Gasteiger partial charge in [0.05, 0.1) is 30.1 Å². The van der Waals surface area contributed by atoms with Crippen LogP contribution in [0.1, 0.15) is 80.2 Å². The first kappa shape index (κ1) is 30.1. The second-order valence-electron chi connectivity index (χ2n) is 14.5. The van der Waals surface area contributed by atoms with E-state index < -0.39 is 48.5 Å². The van der Waals surface area contributed by atoms with Crippen molar-refractivity contribution in [2.45, 2.75) is 126 Å². The molecule has 0 aliphatic carbocycles. The molecule has 0 amide bonds. The van der Waals surface area contributed by atoms with Gasteiger partial charge in [-0.2, -0.15) is 0 Å². The van der Waals surface area contributed by atoms with Gasteiger partial charge in [-0.3, -0.25) is 9.69 Å². The van der Waals surface area contributed by atoms with Gasteiger partial charge in [0.15, 0.2) is 6.10 Å². The van der Waals surface area contributed by atoms with Gasteiger partial charge in [0.2, 0.25) is 13.9 Å². The summed E-state index contributed by atoms with van der Waals surface area (Å²) < 4.78 is 26.9. The van der Waals surface area contributed by atoms with Crippen LogP contribution in [0.5, 0.6) is 0 Å². The quantitative estimate of drug-likeness (QED) is 0.291. The summed E-state index contributed by atoms with van der Waals surface area (Å²) >= 11 is 0. The summed E-state index contributed by atoms with van der Waals surface area (Å²) in [6.07, 6.45) is 1.32. The molecular weight excluding hydrogens is 548 g/mol. The van der Waals surface area contributed by atoms with E-state index >= 15 is 0 Å². The number of benzene rings is 1. The SMILES string of the molecule is CC[C@@]12C[C@H](O[Si](C(C)C)(C(C)C)C(C)C)CN3CC[C@]45c6ccccc6N(C)[C@H]4[C@](C(=O)OC)(O[C@@]315)[C@@H]2OC(C)=O. The Bertz CT molecular complexity index is 1260. The van der Waals surface area contributed by atoms with E-state index in [-0.39, 0.29) is 12.1 Å². The van der Waals surface area contributed by atoms with Gasteiger partial charge in [-0.25, -0.2) is 4.79 Å². The molecule has 7 atom stereocenters. The van der Waals surface area contributed by atoms with E-state index in [0.29, 0.717) is 29.5 Å². The number of hydrogen-bond acceptors (Lipinski definition) is 8. The van der Waals surface area contributed by atoms with Crippen molar-refractivity contribution < 1.29 is 28.2 Å². The summed E-state index contributed by atoms with van der Waals surface area (Å²) in [5, 5.41) is 0. The van der Waals surface area contributed by atoms with Crippen molar-refractivity contribution in [3.05, 3.63) is 29.8 Å². The van der Waals surface area contributed by atoms with Crippen LogP contribution in [-0.4, -0.2) is 82.0 Å². The number of hydrogen-bond donors (Lipinski definition) is 0. The fraction of sp³-hybridized carbons (Fsp3) is 0.758. The lowest BCUT2D eigenvalue weighted by Gasteiger charge is -2.62. The zero-order valence-corrected chi connectivity index (χ0v) is 28.2. The van der Waals surface area contributed by atoms with Crippen molar-refractivity contribution in [1.29, 1.82) is 0 Å². The van der Waals surface area contributed by atoms with Crippen molar-refractivity contribution in [2.75, 3.05) is 32.1 Å². The Morgan fingerprint density at radius 1 is 1.10 bits per heavy atom. The molecule has 6 rings (SSSR count). The fourth-order valence-corrected chi connectivity index (χ4v) is 17.0. The molecule has 2 bridgehead atoms. The first-order valence-electron chi connectivity index (χ1n) is 16.0. The molecular formula is C33H50N2O6Si. The van der Waals surface area contributed by atoms with Crippen LogP contribution in [0.15, 0.2) is 24.3 Å². The van der Waals surface area contributed by atoms with E-state index in [4.69, 9.17) is 18.6 Å². The summed E-state index contributed by atoms with van der Waals surface area (Å²) in [6.45, 7) is 19.1. The normalized spacial score (nSPS) is 38.3. The zero-order chi connectivity index (χ0) is 30.6. The number of piperidine rings is 1. The predicted octanol–water partition coefficient (Wildman–Crippen LogP) is 5.39.